The minimum absolute atomic E-state index is 0.167. The van der Waals surface area contributed by atoms with Gasteiger partial charge in [-0.3, -0.25) is 9.69 Å². The zero-order valence-electron chi connectivity index (χ0n) is 15.5. The van der Waals surface area contributed by atoms with Gasteiger partial charge in [-0.05, 0) is 5.56 Å². The van der Waals surface area contributed by atoms with Gasteiger partial charge in [-0.25, -0.2) is 4.79 Å². The number of carbonyl (C=O) groups excluding carboxylic acids is 2. The van der Waals surface area contributed by atoms with Gasteiger partial charge in [0.2, 0.25) is 5.91 Å². The van der Waals surface area contributed by atoms with Gasteiger partial charge in [0.1, 0.15) is 17.6 Å². The number of hydrogen-bond acceptors (Lipinski definition) is 5. The molecule has 0 radical (unpaired) electrons. The molecule has 1 aliphatic heterocycles. The SMILES string of the molecule is COc1cc(N2CC(CNC(C)=O)OC2=O)cc(OC)c1-c1ccccc1. The van der Waals surface area contributed by atoms with Gasteiger partial charge >= 0.3 is 6.09 Å². The molecule has 0 aliphatic carbocycles. The standard InChI is InChI=1S/C20H22N2O5/c1-13(23)21-11-16-12-22(20(24)27-16)15-9-17(25-2)19(18(10-15)26-3)14-7-5-4-6-8-14/h4-10,16H,11-12H2,1-3H3,(H,21,23). The molecule has 0 aromatic heterocycles. The molecule has 2 aromatic rings. The molecule has 1 saturated heterocycles. The molecule has 1 heterocycles. The van der Waals surface area contributed by atoms with E-state index in [2.05, 4.69) is 5.32 Å². The normalized spacial score (nSPS) is 16.0. The highest BCUT2D eigenvalue weighted by Crippen LogP contribution is 2.42. The Morgan fingerprint density at radius 2 is 1.81 bits per heavy atom. The Bertz CT molecular complexity index is 813. The van der Waals surface area contributed by atoms with Gasteiger partial charge in [0.05, 0.1) is 38.6 Å². The second kappa shape index (κ2) is 7.99. The van der Waals surface area contributed by atoms with E-state index in [0.717, 1.165) is 11.1 Å². The van der Waals surface area contributed by atoms with Gasteiger partial charge < -0.3 is 19.5 Å². The van der Waals surface area contributed by atoms with Crippen molar-refractivity contribution in [3.05, 3.63) is 42.5 Å². The average Bonchev–Trinajstić information content (AvgIpc) is 3.06. The largest absolute Gasteiger partial charge is 0.496 e. The van der Waals surface area contributed by atoms with Gasteiger partial charge in [0.25, 0.3) is 0 Å². The Morgan fingerprint density at radius 1 is 1.19 bits per heavy atom. The molecule has 3 rings (SSSR count). The molecular formula is C20H22N2O5. The molecule has 27 heavy (non-hydrogen) atoms. The lowest BCUT2D eigenvalue weighted by atomic mass is 10.0. The topological polar surface area (TPSA) is 77.1 Å². The number of anilines is 1. The van der Waals surface area contributed by atoms with E-state index in [1.54, 1.807) is 26.4 Å². The summed E-state index contributed by atoms with van der Waals surface area (Å²) >= 11 is 0. The number of benzene rings is 2. The zero-order chi connectivity index (χ0) is 19.4. The third kappa shape index (κ3) is 3.97. The number of cyclic esters (lactones) is 1. The summed E-state index contributed by atoms with van der Waals surface area (Å²) in [5.41, 5.74) is 2.37. The number of nitrogens with one attached hydrogen (secondary N) is 1. The summed E-state index contributed by atoms with van der Waals surface area (Å²) in [5.74, 6) is 1.02. The molecule has 1 unspecified atom stereocenters. The van der Waals surface area contributed by atoms with Crippen molar-refractivity contribution in [2.45, 2.75) is 13.0 Å². The lowest BCUT2D eigenvalue weighted by molar-refractivity contribution is -0.119. The summed E-state index contributed by atoms with van der Waals surface area (Å²) in [5, 5.41) is 2.66. The Labute approximate surface area is 157 Å². The van der Waals surface area contributed by atoms with Crippen molar-refractivity contribution in [1.82, 2.24) is 5.32 Å². The first-order chi connectivity index (χ1) is 13.0. The highest BCUT2D eigenvalue weighted by molar-refractivity contribution is 5.92. The summed E-state index contributed by atoms with van der Waals surface area (Å²) in [6.07, 6.45) is -0.880. The lowest BCUT2D eigenvalue weighted by Gasteiger charge is -2.19. The maximum atomic E-state index is 12.3. The summed E-state index contributed by atoms with van der Waals surface area (Å²) in [6.45, 7) is 2.02. The van der Waals surface area contributed by atoms with Crippen LogP contribution in [0.3, 0.4) is 0 Å². The average molecular weight is 370 g/mol. The van der Waals surface area contributed by atoms with Crippen molar-refractivity contribution in [3.8, 4) is 22.6 Å². The van der Waals surface area contributed by atoms with E-state index >= 15 is 0 Å². The van der Waals surface area contributed by atoms with E-state index in [9.17, 15) is 9.59 Å². The molecule has 1 atom stereocenters. The van der Waals surface area contributed by atoms with E-state index in [0.29, 0.717) is 23.7 Å². The van der Waals surface area contributed by atoms with Crippen LogP contribution in [0.1, 0.15) is 6.92 Å². The fraction of sp³-hybridized carbons (Fsp3) is 0.300. The van der Waals surface area contributed by atoms with Gasteiger partial charge in [0.15, 0.2) is 0 Å². The molecule has 142 valence electrons. The highest BCUT2D eigenvalue weighted by atomic mass is 16.6. The maximum Gasteiger partial charge on any atom is 0.414 e. The van der Waals surface area contributed by atoms with Crippen molar-refractivity contribution < 1.29 is 23.8 Å². The molecule has 1 fully saturated rings. The summed E-state index contributed by atoms with van der Waals surface area (Å²) in [6, 6.07) is 13.3. The summed E-state index contributed by atoms with van der Waals surface area (Å²) in [7, 11) is 3.15. The Kier molecular flexibility index (Phi) is 5.49. The van der Waals surface area contributed by atoms with E-state index in [1.807, 2.05) is 30.3 Å². The quantitative estimate of drug-likeness (QED) is 0.846. The van der Waals surface area contributed by atoms with Crippen LogP contribution in [0.2, 0.25) is 0 Å². The first kappa shape index (κ1) is 18.6. The number of amides is 2. The molecule has 0 saturated carbocycles. The van der Waals surface area contributed by atoms with Crippen LogP contribution in [-0.4, -0.2) is 45.4 Å². The predicted octanol–water partition coefficient (Wildman–Crippen LogP) is 2.83. The van der Waals surface area contributed by atoms with E-state index in [4.69, 9.17) is 14.2 Å². The Balaban J connectivity index is 1.93. The second-order valence-corrected chi connectivity index (χ2v) is 6.14. The molecule has 0 bridgehead atoms. The third-order valence-electron chi connectivity index (χ3n) is 4.32. The molecule has 7 nitrogen and oxygen atoms in total. The second-order valence-electron chi connectivity index (χ2n) is 6.14. The van der Waals surface area contributed by atoms with Crippen molar-refractivity contribution in [1.29, 1.82) is 0 Å². The molecule has 0 spiro atoms. The van der Waals surface area contributed by atoms with Crippen molar-refractivity contribution >= 4 is 17.7 Å². The Morgan fingerprint density at radius 3 is 2.37 bits per heavy atom. The van der Waals surface area contributed by atoms with Gasteiger partial charge in [-0.1, -0.05) is 30.3 Å². The van der Waals surface area contributed by atoms with Crippen molar-refractivity contribution in [2.75, 3.05) is 32.2 Å². The van der Waals surface area contributed by atoms with Gasteiger partial charge in [0, 0.05) is 19.1 Å². The van der Waals surface area contributed by atoms with Gasteiger partial charge in [-0.2, -0.15) is 0 Å². The number of hydrogen-bond donors (Lipinski definition) is 1. The molecule has 2 amide bonds. The van der Waals surface area contributed by atoms with Crippen LogP contribution in [0.4, 0.5) is 10.5 Å². The monoisotopic (exact) mass is 370 g/mol. The van der Waals surface area contributed by atoms with E-state index in [-0.39, 0.29) is 12.5 Å². The fourth-order valence-corrected chi connectivity index (χ4v) is 3.04. The first-order valence-corrected chi connectivity index (χ1v) is 8.57. The smallest absolute Gasteiger partial charge is 0.414 e. The predicted molar refractivity (Wildman–Crippen MR) is 101 cm³/mol. The third-order valence-corrected chi connectivity index (χ3v) is 4.32. The number of rotatable bonds is 6. The number of methoxy groups -OCH3 is 2. The number of nitrogens with zero attached hydrogens (tertiary/aromatic N) is 1. The van der Waals surface area contributed by atoms with Crippen LogP contribution in [0.25, 0.3) is 11.1 Å². The van der Waals surface area contributed by atoms with Crippen LogP contribution < -0.4 is 19.7 Å². The van der Waals surface area contributed by atoms with Crippen molar-refractivity contribution in [2.24, 2.45) is 0 Å². The molecular weight excluding hydrogens is 348 g/mol. The molecule has 2 aromatic carbocycles. The van der Waals surface area contributed by atoms with E-state index < -0.39 is 12.2 Å². The minimum atomic E-state index is -0.470. The van der Waals surface area contributed by atoms with Crippen LogP contribution in [0.5, 0.6) is 11.5 Å². The van der Waals surface area contributed by atoms with Crippen molar-refractivity contribution in [3.63, 3.8) is 0 Å². The molecule has 1 aliphatic rings. The van der Waals surface area contributed by atoms with Crippen LogP contribution in [-0.2, 0) is 9.53 Å². The Hall–Kier alpha value is -3.22. The number of ether oxygens (including phenoxy) is 3. The maximum absolute atomic E-state index is 12.3. The fourth-order valence-electron chi connectivity index (χ4n) is 3.04. The first-order valence-electron chi connectivity index (χ1n) is 8.57. The minimum Gasteiger partial charge on any atom is -0.496 e. The summed E-state index contributed by atoms with van der Waals surface area (Å²) < 4.78 is 16.5. The highest BCUT2D eigenvalue weighted by Gasteiger charge is 2.33. The van der Waals surface area contributed by atoms with Crippen LogP contribution in [0, 0.1) is 0 Å². The van der Waals surface area contributed by atoms with Crippen LogP contribution in [0.15, 0.2) is 42.5 Å². The van der Waals surface area contributed by atoms with E-state index in [1.165, 1.54) is 11.8 Å². The number of carbonyl (C=O) groups is 2. The van der Waals surface area contributed by atoms with Gasteiger partial charge in [-0.15, -0.1) is 0 Å². The molecule has 7 heteroatoms. The summed E-state index contributed by atoms with van der Waals surface area (Å²) in [4.78, 5) is 24.9. The lowest BCUT2D eigenvalue weighted by Crippen LogP contribution is -2.33. The zero-order valence-corrected chi connectivity index (χ0v) is 15.5. The molecule has 1 N–H and O–H groups in total. The van der Waals surface area contributed by atoms with Crippen LogP contribution >= 0.6 is 0 Å².